The van der Waals surface area contributed by atoms with Gasteiger partial charge in [-0.05, 0) is 25.5 Å². The summed E-state index contributed by atoms with van der Waals surface area (Å²) in [5, 5.41) is 0. The van der Waals surface area contributed by atoms with Gasteiger partial charge in [0.25, 0.3) is 0 Å². The Morgan fingerprint density at radius 1 is 1.56 bits per heavy atom. The topological polar surface area (TPSA) is 12.4 Å². The molecule has 1 nitrogen and oxygen atoms in total. The van der Waals surface area contributed by atoms with Crippen molar-refractivity contribution in [3.05, 3.63) is 23.8 Å². The molecule has 0 aromatic carbocycles. The largest absolute Gasteiger partial charge is 0.286 e. The number of hydrogen-bond donors (Lipinski definition) is 0. The summed E-state index contributed by atoms with van der Waals surface area (Å²) in [5.41, 5.74) is 1.27. The Morgan fingerprint density at radius 3 is 3.11 bits per heavy atom. The third kappa shape index (κ3) is 1.84. The molecule has 1 heterocycles. The molecule has 0 radical (unpaired) electrons. The third-order valence-electron chi connectivity index (χ3n) is 1.30. The minimum Gasteiger partial charge on any atom is -0.286 e. The van der Waals surface area contributed by atoms with Crippen molar-refractivity contribution in [2.45, 2.75) is 19.9 Å². The first kappa shape index (κ1) is 6.27. The smallest absolute Gasteiger partial charge is 0.0654 e. The number of nitrogens with zero attached hydrogens (tertiary/aromatic N) is 1. The summed E-state index contributed by atoms with van der Waals surface area (Å²) in [6.07, 6.45) is 8.06. The molecule has 1 heteroatoms. The Hall–Kier alpha value is -0.850. The maximum Gasteiger partial charge on any atom is 0.0654 e. The number of hydrogen-bond acceptors (Lipinski definition) is 1. The molecule has 0 saturated heterocycles. The number of allylic oxidation sites excluding steroid dienone is 3. The highest BCUT2D eigenvalue weighted by Gasteiger charge is 1.91. The van der Waals surface area contributed by atoms with Crippen LogP contribution in [0.15, 0.2) is 28.8 Å². The van der Waals surface area contributed by atoms with Crippen LogP contribution in [0.1, 0.15) is 13.8 Å². The van der Waals surface area contributed by atoms with Gasteiger partial charge in [-0.3, -0.25) is 4.99 Å². The highest BCUT2D eigenvalue weighted by atomic mass is 14.7. The van der Waals surface area contributed by atoms with Gasteiger partial charge >= 0.3 is 0 Å². The molecule has 0 aliphatic carbocycles. The van der Waals surface area contributed by atoms with Crippen LogP contribution in [0.5, 0.6) is 0 Å². The van der Waals surface area contributed by atoms with Crippen molar-refractivity contribution in [1.82, 2.24) is 0 Å². The second-order valence-electron chi connectivity index (χ2n) is 2.31. The third-order valence-corrected chi connectivity index (χ3v) is 1.30. The summed E-state index contributed by atoms with van der Waals surface area (Å²) in [4.78, 5) is 4.19. The van der Waals surface area contributed by atoms with Gasteiger partial charge in [0.15, 0.2) is 0 Å². The molecule has 0 N–H and O–H groups in total. The number of aliphatic imine (C=N–C) groups is 1. The second kappa shape index (κ2) is 2.62. The van der Waals surface area contributed by atoms with E-state index in [1.54, 1.807) is 0 Å². The lowest BCUT2D eigenvalue weighted by Crippen LogP contribution is -1.88. The summed E-state index contributed by atoms with van der Waals surface area (Å²) in [7, 11) is 0. The SMILES string of the molecule is CC1=CC=NC(C)C=C1. The van der Waals surface area contributed by atoms with Crippen LogP contribution in [0.25, 0.3) is 0 Å². The van der Waals surface area contributed by atoms with E-state index in [4.69, 9.17) is 0 Å². The zero-order valence-electron chi connectivity index (χ0n) is 5.83. The molecule has 0 aromatic rings. The molecule has 0 saturated carbocycles. The second-order valence-corrected chi connectivity index (χ2v) is 2.31. The first-order valence-corrected chi connectivity index (χ1v) is 3.17. The Labute approximate surface area is 55.8 Å². The quantitative estimate of drug-likeness (QED) is 0.464. The van der Waals surface area contributed by atoms with Gasteiger partial charge in [0.1, 0.15) is 0 Å². The average Bonchev–Trinajstić information content (AvgIpc) is 1.97. The Balaban J connectivity index is 2.75. The summed E-state index contributed by atoms with van der Waals surface area (Å²) in [6.45, 7) is 4.14. The maximum absolute atomic E-state index is 4.19. The van der Waals surface area contributed by atoms with Gasteiger partial charge in [0.2, 0.25) is 0 Å². The summed E-state index contributed by atoms with van der Waals surface area (Å²) >= 11 is 0. The lowest BCUT2D eigenvalue weighted by molar-refractivity contribution is 0.935. The molecule has 0 aromatic heterocycles. The molecule has 0 bridgehead atoms. The van der Waals surface area contributed by atoms with E-state index in [-0.39, 0.29) is 0 Å². The van der Waals surface area contributed by atoms with Crippen LogP contribution in [0, 0.1) is 0 Å². The molecule has 0 spiro atoms. The van der Waals surface area contributed by atoms with Gasteiger partial charge < -0.3 is 0 Å². The first-order valence-electron chi connectivity index (χ1n) is 3.17. The molecule has 0 fully saturated rings. The summed E-state index contributed by atoms with van der Waals surface area (Å²) < 4.78 is 0. The van der Waals surface area contributed by atoms with E-state index >= 15 is 0 Å². The number of rotatable bonds is 0. The standard InChI is InChI=1S/C8H11N/c1-7-3-4-8(2)9-6-5-7/h3-6,8H,1-2H3. The monoisotopic (exact) mass is 121 g/mol. The van der Waals surface area contributed by atoms with Gasteiger partial charge in [-0.25, -0.2) is 0 Å². The predicted molar refractivity (Wildman–Crippen MR) is 40.9 cm³/mol. The zero-order valence-corrected chi connectivity index (χ0v) is 5.83. The van der Waals surface area contributed by atoms with Crippen LogP contribution < -0.4 is 0 Å². The van der Waals surface area contributed by atoms with Gasteiger partial charge in [0, 0.05) is 6.21 Å². The van der Waals surface area contributed by atoms with Gasteiger partial charge in [0.05, 0.1) is 6.04 Å². The molecule has 1 aliphatic heterocycles. The lowest BCUT2D eigenvalue weighted by atomic mass is 10.2. The van der Waals surface area contributed by atoms with Crippen LogP contribution in [-0.2, 0) is 0 Å². The van der Waals surface area contributed by atoms with Gasteiger partial charge in [-0.1, -0.05) is 12.2 Å². The molecule has 48 valence electrons. The highest BCUT2D eigenvalue weighted by Crippen LogP contribution is 2.01. The Morgan fingerprint density at radius 2 is 2.33 bits per heavy atom. The van der Waals surface area contributed by atoms with Crippen molar-refractivity contribution in [3.63, 3.8) is 0 Å². The van der Waals surface area contributed by atoms with E-state index < -0.39 is 0 Å². The fourth-order valence-corrected chi connectivity index (χ4v) is 0.693. The van der Waals surface area contributed by atoms with Crippen LogP contribution in [0.2, 0.25) is 0 Å². The molecular weight excluding hydrogens is 110 g/mol. The average molecular weight is 121 g/mol. The van der Waals surface area contributed by atoms with Crippen LogP contribution in [-0.4, -0.2) is 12.3 Å². The first-order chi connectivity index (χ1) is 4.29. The molecule has 9 heavy (non-hydrogen) atoms. The lowest BCUT2D eigenvalue weighted by Gasteiger charge is -1.91. The van der Waals surface area contributed by atoms with E-state index in [1.165, 1.54) is 5.57 Å². The van der Waals surface area contributed by atoms with E-state index in [1.807, 2.05) is 12.3 Å². The Bertz CT molecular complexity index is 175. The van der Waals surface area contributed by atoms with Crippen molar-refractivity contribution < 1.29 is 0 Å². The van der Waals surface area contributed by atoms with Crippen molar-refractivity contribution >= 4 is 6.21 Å². The fourth-order valence-electron chi connectivity index (χ4n) is 0.693. The molecule has 0 amide bonds. The van der Waals surface area contributed by atoms with Crippen molar-refractivity contribution in [3.8, 4) is 0 Å². The van der Waals surface area contributed by atoms with Crippen LogP contribution in [0.3, 0.4) is 0 Å². The summed E-state index contributed by atoms with van der Waals surface area (Å²) in [6, 6.07) is 0.346. The highest BCUT2D eigenvalue weighted by molar-refractivity contribution is 5.73. The Kier molecular flexibility index (Phi) is 1.83. The molecule has 1 rings (SSSR count). The van der Waals surface area contributed by atoms with E-state index in [0.29, 0.717) is 6.04 Å². The van der Waals surface area contributed by atoms with Crippen LogP contribution in [0.4, 0.5) is 0 Å². The van der Waals surface area contributed by atoms with Crippen molar-refractivity contribution in [1.29, 1.82) is 0 Å². The van der Waals surface area contributed by atoms with E-state index in [9.17, 15) is 0 Å². The van der Waals surface area contributed by atoms with Gasteiger partial charge in [-0.15, -0.1) is 0 Å². The molecular formula is C8H11N. The van der Waals surface area contributed by atoms with Crippen molar-refractivity contribution in [2.24, 2.45) is 4.99 Å². The van der Waals surface area contributed by atoms with Crippen LogP contribution >= 0.6 is 0 Å². The molecule has 1 aliphatic rings. The van der Waals surface area contributed by atoms with Gasteiger partial charge in [-0.2, -0.15) is 0 Å². The summed E-state index contributed by atoms with van der Waals surface area (Å²) in [5.74, 6) is 0. The maximum atomic E-state index is 4.19. The minimum absolute atomic E-state index is 0.346. The van der Waals surface area contributed by atoms with E-state index in [2.05, 4.69) is 31.0 Å². The van der Waals surface area contributed by atoms with Crippen molar-refractivity contribution in [2.75, 3.05) is 0 Å². The predicted octanol–water partition coefficient (Wildman–Crippen LogP) is 1.96. The normalized spacial score (nSPS) is 25.6. The molecule has 1 atom stereocenters. The molecule has 1 unspecified atom stereocenters. The van der Waals surface area contributed by atoms with E-state index in [0.717, 1.165) is 0 Å². The zero-order chi connectivity index (χ0) is 6.69. The fraction of sp³-hybridized carbons (Fsp3) is 0.375. The minimum atomic E-state index is 0.346.